The molecule has 0 atom stereocenters. The minimum Gasteiger partial charge on any atom is -0.755 e. The Labute approximate surface area is 109 Å². The van der Waals surface area contributed by atoms with Crippen molar-refractivity contribution in [2.75, 3.05) is 6.54 Å². The van der Waals surface area contributed by atoms with E-state index in [-0.39, 0.29) is 17.3 Å². The Hall–Kier alpha value is -2.41. The molecule has 100 valence electrons. The Bertz CT molecular complexity index is 595. The number of hydrogen-bond acceptors (Lipinski definition) is 4. The minimum absolute atomic E-state index is 0.0470. The first kappa shape index (κ1) is 13.0. The molecule has 1 N–H and O–H groups in total. The van der Waals surface area contributed by atoms with E-state index in [1.54, 1.807) is 13.0 Å². The van der Waals surface area contributed by atoms with Crippen molar-refractivity contribution in [2.45, 2.75) is 13.8 Å². The van der Waals surface area contributed by atoms with Crippen LogP contribution in [0.3, 0.4) is 0 Å². The number of aryl methyl sites for hydroxylation is 1. The van der Waals surface area contributed by atoms with Gasteiger partial charge in [0.05, 0.1) is 17.0 Å². The van der Waals surface area contributed by atoms with Gasteiger partial charge < -0.3 is 15.6 Å². The maximum atomic E-state index is 11.1. The van der Waals surface area contributed by atoms with Gasteiger partial charge in [0.1, 0.15) is 0 Å². The third-order valence-electron chi connectivity index (χ3n) is 3.09. The molecule has 0 radical (unpaired) electrons. The van der Waals surface area contributed by atoms with Gasteiger partial charge in [0.15, 0.2) is 0 Å². The zero-order chi connectivity index (χ0) is 14.2. The molecule has 1 saturated heterocycles. The van der Waals surface area contributed by atoms with Crippen molar-refractivity contribution < 1.29 is 9.72 Å². The number of hydrogen-bond donors (Lipinski definition) is 1. The summed E-state index contributed by atoms with van der Waals surface area (Å²) in [6, 6.07) is 2.34. The van der Waals surface area contributed by atoms with Crippen molar-refractivity contribution in [1.29, 1.82) is 0 Å². The number of carbonyl (C=O) groups excluding carboxylic acids is 1. The van der Waals surface area contributed by atoms with Crippen LogP contribution in [-0.4, -0.2) is 22.6 Å². The molecule has 2 amide bonds. The fourth-order valence-corrected chi connectivity index (χ4v) is 1.89. The highest BCUT2D eigenvalue weighted by molar-refractivity contribution is 5.83. The van der Waals surface area contributed by atoms with E-state index in [0.29, 0.717) is 11.3 Å². The summed E-state index contributed by atoms with van der Waals surface area (Å²) in [4.78, 5) is 21.6. The molecule has 1 aliphatic heterocycles. The molecule has 1 aliphatic rings. The summed E-state index contributed by atoms with van der Waals surface area (Å²) in [6.45, 7) is 3.48. The van der Waals surface area contributed by atoms with Crippen molar-refractivity contribution >= 4 is 17.8 Å². The van der Waals surface area contributed by atoms with E-state index < -0.39 is 11.0 Å². The smallest absolute Gasteiger partial charge is 0.311 e. The third kappa shape index (κ3) is 2.41. The van der Waals surface area contributed by atoms with Crippen molar-refractivity contribution in [3.63, 3.8) is 0 Å². The molecule has 0 bridgehead atoms. The molecule has 0 saturated carbocycles. The largest absolute Gasteiger partial charge is 0.755 e. The third-order valence-corrected chi connectivity index (χ3v) is 3.09. The monoisotopic (exact) mass is 262 g/mol. The van der Waals surface area contributed by atoms with Gasteiger partial charge in [0.2, 0.25) is 0 Å². The van der Waals surface area contributed by atoms with Crippen molar-refractivity contribution in [3.8, 4) is 0 Å². The van der Waals surface area contributed by atoms with Gasteiger partial charge in [-0.2, -0.15) is 0 Å². The maximum absolute atomic E-state index is 11.1. The van der Waals surface area contributed by atoms with Gasteiger partial charge in [-0.25, -0.2) is 4.79 Å². The molecule has 19 heavy (non-hydrogen) atoms. The summed E-state index contributed by atoms with van der Waals surface area (Å²) in [5.41, 5.74) is 2.38. The summed E-state index contributed by atoms with van der Waals surface area (Å²) < 4.78 is 0. The number of benzene rings is 1. The van der Waals surface area contributed by atoms with Crippen molar-refractivity contribution in [1.82, 2.24) is 10.4 Å². The number of nitrogens with one attached hydrogen (secondary N) is 1. The molecule has 0 aromatic heterocycles. The van der Waals surface area contributed by atoms with Crippen LogP contribution in [0.2, 0.25) is 0 Å². The summed E-state index contributed by atoms with van der Waals surface area (Å²) in [5.74, 6) is 0. The van der Waals surface area contributed by atoms with Crippen molar-refractivity contribution in [3.05, 3.63) is 49.8 Å². The summed E-state index contributed by atoms with van der Waals surface area (Å²) in [5, 5.41) is 24.7. The molecule has 1 aromatic carbocycles. The van der Waals surface area contributed by atoms with E-state index in [4.69, 9.17) is 0 Å². The molecule has 1 aromatic rings. The molecular formula is C12H12N3O4-. The van der Waals surface area contributed by atoms with E-state index >= 15 is 0 Å². The molecule has 1 fully saturated rings. The second kappa shape index (κ2) is 4.69. The van der Waals surface area contributed by atoms with Crippen LogP contribution < -0.4 is 5.32 Å². The first-order valence-corrected chi connectivity index (χ1v) is 5.61. The second-order valence-electron chi connectivity index (χ2n) is 4.33. The maximum Gasteiger partial charge on any atom is 0.311 e. The van der Waals surface area contributed by atoms with Crippen molar-refractivity contribution in [2.24, 2.45) is 0 Å². The lowest BCUT2D eigenvalue weighted by Gasteiger charge is -2.17. The van der Waals surface area contributed by atoms with Gasteiger partial charge in [-0.3, -0.25) is 10.1 Å². The fourth-order valence-electron chi connectivity index (χ4n) is 1.89. The number of urea groups is 1. The topological polar surface area (TPSA) is 98.5 Å². The van der Waals surface area contributed by atoms with Crippen LogP contribution in [0.15, 0.2) is 17.8 Å². The van der Waals surface area contributed by atoms with Crippen LogP contribution in [0, 0.1) is 29.2 Å². The minimum atomic E-state index is -0.751. The van der Waals surface area contributed by atoms with Gasteiger partial charge in [0.25, 0.3) is 5.69 Å². The van der Waals surface area contributed by atoms with Crippen LogP contribution in [0.4, 0.5) is 10.5 Å². The number of amides is 2. The number of nitrogens with zero attached hydrogens (tertiary/aromatic N) is 2. The van der Waals surface area contributed by atoms with Crippen LogP contribution in [0.1, 0.15) is 16.7 Å². The van der Waals surface area contributed by atoms with Crippen LogP contribution in [0.25, 0.3) is 6.08 Å². The van der Waals surface area contributed by atoms with Gasteiger partial charge in [0, 0.05) is 11.8 Å². The normalized spacial score (nSPS) is 16.9. The summed E-state index contributed by atoms with van der Waals surface area (Å²) in [6.07, 6.45) is 1.48. The molecule has 1 heterocycles. The van der Waals surface area contributed by atoms with E-state index in [2.05, 4.69) is 5.32 Å². The Morgan fingerprint density at radius 2 is 2.11 bits per heavy atom. The summed E-state index contributed by atoms with van der Waals surface area (Å²) in [7, 11) is 0. The van der Waals surface area contributed by atoms with E-state index in [1.807, 2.05) is 6.92 Å². The Kier molecular flexibility index (Phi) is 3.22. The lowest BCUT2D eigenvalue weighted by atomic mass is 10.0. The molecule has 7 heteroatoms. The summed E-state index contributed by atoms with van der Waals surface area (Å²) >= 11 is 0. The van der Waals surface area contributed by atoms with E-state index in [0.717, 1.165) is 11.1 Å². The first-order chi connectivity index (χ1) is 8.90. The SMILES string of the molecule is Cc1ccc([N+](=O)[O-])c(C=C2CN([O-])C(=O)N2)c1C. The highest BCUT2D eigenvalue weighted by Gasteiger charge is 2.20. The highest BCUT2D eigenvalue weighted by atomic mass is 16.6. The Balaban J connectivity index is 2.50. The van der Waals surface area contributed by atoms with Gasteiger partial charge in [-0.1, -0.05) is 6.07 Å². The van der Waals surface area contributed by atoms with Gasteiger partial charge in [-0.05, 0) is 31.1 Å². The number of rotatable bonds is 2. The average molecular weight is 262 g/mol. The predicted octanol–water partition coefficient (Wildman–Crippen LogP) is 2.08. The van der Waals surface area contributed by atoms with E-state index in [9.17, 15) is 20.1 Å². The number of nitro benzene ring substituents is 1. The number of hydroxylamine groups is 2. The standard InChI is InChI=1S/C12H12N3O4/c1-7-3-4-11(15(18)19)10(8(7)2)5-9-6-14(17)12(16)13-9/h3-5H,6H2,1-2H3,(H,13,16)/q-1. The first-order valence-electron chi connectivity index (χ1n) is 5.61. The average Bonchev–Trinajstić information content (AvgIpc) is 2.64. The molecule has 2 rings (SSSR count). The fraction of sp³-hybridized carbons (Fsp3) is 0.250. The number of nitro groups is 1. The highest BCUT2D eigenvalue weighted by Crippen LogP contribution is 2.27. The second-order valence-corrected chi connectivity index (χ2v) is 4.33. The Morgan fingerprint density at radius 3 is 2.63 bits per heavy atom. The molecule has 0 aliphatic carbocycles. The van der Waals surface area contributed by atoms with Crippen LogP contribution >= 0.6 is 0 Å². The molecule has 0 spiro atoms. The van der Waals surface area contributed by atoms with Crippen LogP contribution in [0.5, 0.6) is 0 Å². The Morgan fingerprint density at radius 1 is 1.42 bits per heavy atom. The van der Waals surface area contributed by atoms with E-state index in [1.165, 1.54) is 12.1 Å². The lowest BCUT2D eigenvalue weighted by molar-refractivity contribution is -0.385. The predicted molar refractivity (Wildman–Crippen MR) is 69.2 cm³/mol. The molecule has 0 unspecified atom stereocenters. The van der Waals surface area contributed by atoms with Gasteiger partial charge in [-0.15, -0.1) is 0 Å². The number of carbonyl (C=O) groups is 1. The zero-order valence-electron chi connectivity index (χ0n) is 10.5. The molecule has 7 nitrogen and oxygen atoms in total. The van der Waals surface area contributed by atoms with Crippen LogP contribution in [-0.2, 0) is 0 Å². The quantitative estimate of drug-likeness (QED) is 0.651. The lowest BCUT2D eigenvalue weighted by Crippen LogP contribution is -2.21. The van der Waals surface area contributed by atoms with Gasteiger partial charge >= 0.3 is 6.03 Å². The zero-order valence-corrected chi connectivity index (χ0v) is 10.5. The molecular weight excluding hydrogens is 250 g/mol.